The van der Waals surface area contributed by atoms with Crippen molar-refractivity contribution in [2.75, 3.05) is 5.32 Å². The first-order chi connectivity index (χ1) is 7.93. The van der Waals surface area contributed by atoms with E-state index in [9.17, 15) is 23.7 Å². The van der Waals surface area contributed by atoms with E-state index in [0.29, 0.717) is 6.07 Å². The predicted molar refractivity (Wildman–Crippen MR) is 53.9 cm³/mol. The Balaban J connectivity index is 0.00000289. The Morgan fingerprint density at radius 2 is 1.83 bits per heavy atom. The Morgan fingerprint density at radius 1 is 1.33 bits per heavy atom. The second-order valence-corrected chi connectivity index (χ2v) is 2.83. The molecule has 88 valence electrons. The maximum atomic E-state index is 12.7. The largest absolute Gasteiger partial charge is 1.00 e. The van der Waals surface area contributed by atoms with Crippen LogP contribution < -0.4 is 56.7 Å². The summed E-state index contributed by atoms with van der Waals surface area (Å²) in [6, 6.07) is 2.09. The van der Waals surface area contributed by atoms with Gasteiger partial charge in [-0.3, -0.25) is 14.9 Å². The van der Waals surface area contributed by atoms with Gasteiger partial charge in [-0.05, 0) is 12.1 Å². The van der Waals surface area contributed by atoms with E-state index in [1.54, 1.807) is 0 Å². The number of nitro groups is 1. The molecule has 1 amide bonds. The van der Waals surface area contributed by atoms with Crippen LogP contribution in [-0.4, -0.2) is 16.7 Å². The van der Waals surface area contributed by atoms with E-state index in [0.717, 1.165) is 18.0 Å². The minimum atomic E-state index is -1.34. The Labute approximate surface area is 142 Å². The Hall–Kier alpha value is -0.964. The number of amides is 1. The van der Waals surface area contributed by atoms with Crippen LogP contribution in [0.15, 0.2) is 23.9 Å². The molecule has 0 heterocycles. The van der Waals surface area contributed by atoms with Crippen molar-refractivity contribution >= 4 is 17.5 Å². The molecule has 0 radical (unpaired) electrons. The molecule has 1 aromatic carbocycles. The molecule has 9 heteroatoms. The smallest absolute Gasteiger partial charge is 0.757 e. The first-order valence-electron chi connectivity index (χ1n) is 4.13. The number of benzene rings is 1. The first kappa shape index (κ1) is 17.0. The zero-order valence-electron chi connectivity index (χ0n) is 9.11. The van der Waals surface area contributed by atoms with Gasteiger partial charge in [-0.25, -0.2) is 8.78 Å². The van der Waals surface area contributed by atoms with Crippen LogP contribution in [0.3, 0.4) is 0 Å². The van der Waals surface area contributed by atoms with Gasteiger partial charge in [0, 0.05) is 11.8 Å². The molecule has 0 spiro atoms. The van der Waals surface area contributed by atoms with E-state index in [2.05, 4.69) is 0 Å². The fourth-order valence-electron chi connectivity index (χ4n) is 0.991. The Bertz CT molecular complexity index is 524. The number of anilines is 1. The van der Waals surface area contributed by atoms with Gasteiger partial charge < -0.3 is 10.7 Å². The van der Waals surface area contributed by atoms with Crippen LogP contribution in [0, 0.1) is 21.7 Å². The molecular weight excluding hydrogens is 275 g/mol. The van der Waals surface area contributed by atoms with Crippen molar-refractivity contribution in [3.63, 3.8) is 0 Å². The summed E-state index contributed by atoms with van der Waals surface area (Å²) in [5.74, 6) is -2.19. The van der Waals surface area contributed by atoms with Gasteiger partial charge in [0.15, 0.2) is 0 Å². The molecular formula is C9H4F2KN3O3. The van der Waals surface area contributed by atoms with Crippen molar-refractivity contribution in [1.82, 2.24) is 0 Å². The molecule has 0 aliphatic carbocycles. The number of rotatable bonds is 3. The molecule has 0 bridgehead atoms. The SMILES string of the molecule is [K+].[N-]=C=C(C(=O)Nc1cc(F)cc(F)c1)[N+](=O)[O-]. The molecule has 0 aliphatic rings. The number of carbonyl (C=O) groups excluding carboxylic acids is 1. The van der Waals surface area contributed by atoms with Crippen molar-refractivity contribution in [1.29, 1.82) is 0 Å². The molecule has 6 nitrogen and oxygen atoms in total. The number of nitrogens with zero attached hydrogens (tertiary/aromatic N) is 2. The molecule has 1 rings (SSSR count). The number of carbonyl (C=O) groups is 1. The van der Waals surface area contributed by atoms with Crippen molar-refractivity contribution in [2.45, 2.75) is 0 Å². The maximum absolute atomic E-state index is 12.7. The summed E-state index contributed by atoms with van der Waals surface area (Å²) in [5.41, 5.74) is -1.59. The average Bonchev–Trinajstić information content (AvgIpc) is 2.15. The van der Waals surface area contributed by atoms with Crippen molar-refractivity contribution in [3.8, 4) is 0 Å². The molecule has 0 aromatic heterocycles. The van der Waals surface area contributed by atoms with Crippen LogP contribution in [0.25, 0.3) is 5.41 Å². The van der Waals surface area contributed by atoms with E-state index in [-0.39, 0.29) is 57.1 Å². The monoisotopic (exact) mass is 279 g/mol. The number of nitrogens with one attached hydrogen (secondary N) is 1. The van der Waals surface area contributed by atoms with Crippen LogP contribution in [0.4, 0.5) is 14.5 Å². The molecule has 0 unspecified atom stereocenters. The van der Waals surface area contributed by atoms with Gasteiger partial charge in [-0.2, -0.15) is 5.87 Å². The summed E-state index contributed by atoms with van der Waals surface area (Å²) >= 11 is 0. The summed E-state index contributed by atoms with van der Waals surface area (Å²) in [7, 11) is 0. The second kappa shape index (κ2) is 7.47. The second-order valence-electron chi connectivity index (χ2n) is 2.83. The Kier molecular flexibility index (Phi) is 7.07. The number of halogens is 2. The fourth-order valence-corrected chi connectivity index (χ4v) is 0.991. The molecule has 0 saturated heterocycles. The average molecular weight is 279 g/mol. The molecule has 0 saturated carbocycles. The van der Waals surface area contributed by atoms with Crippen LogP contribution in [0.5, 0.6) is 0 Å². The molecule has 18 heavy (non-hydrogen) atoms. The molecule has 1 aromatic rings. The van der Waals surface area contributed by atoms with Gasteiger partial charge in [0.2, 0.25) is 0 Å². The minimum absolute atomic E-state index is 0. The summed E-state index contributed by atoms with van der Waals surface area (Å²) in [4.78, 5) is 20.2. The summed E-state index contributed by atoms with van der Waals surface area (Å²) in [6.07, 6.45) is 0. The third-order valence-corrected chi connectivity index (χ3v) is 1.62. The quantitative estimate of drug-likeness (QED) is 0.235. The zero-order chi connectivity index (χ0) is 13.0. The fraction of sp³-hybridized carbons (Fsp3) is 0. The van der Waals surface area contributed by atoms with Gasteiger partial charge in [-0.1, -0.05) is 0 Å². The first-order valence-corrected chi connectivity index (χ1v) is 4.13. The standard InChI is InChI=1S/C9H4F2N3O3.K/c10-5-1-6(11)3-7(2-5)13-9(15)8(4-12)14(16)17;/h1-3H,(H,13,15);/q-1;+1. The normalized spacial score (nSPS) is 8.78. The minimum Gasteiger partial charge on any atom is -0.757 e. The van der Waals surface area contributed by atoms with Gasteiger partial charge in [-0.15, -0.1) is 0 Å². The summed E-state index contributed by atoms with van der Waals surface area (Å²) in [5, 5.41) is 20.4. The maximum Gasteiger partial charge on any atom is 1.00 e. The van der Waals surface area contributed by atoms with E-state index < -0.39 is 28.2 Å². The van der Waals surface area contributed by atoms with Gasteiger partial charge in [0.1, 0.15) is 11.6 Å². The zero-order valence-corrected chi connectivity index (χ0v) is 12.2. The van der Waals surface area contributed by atoms with Gasteiger partial charge >= 0.3 is 63.0 Å². The van der Waals surface area contributed by atoms with E-state index in [4.69, 9.17) is 5.41 Å². The van der Waals surface area contributed by atoms with Gasteiger partial charge in [0.25, 0.3) is 0 Å². The van der Waals surface area contributed by atoms with E-state index in [1.807, 2.05) is 5.32 Å². The van der Waals surface area contributed by atoms with Crippen molar-refractivity contribution in [3.05, 3.63) is 51.1 Å². The molecule has 0 atom stereocenters. The van der Waals surface area contributed by atoms with Gasteiger partial charge in [0.05, 0.1) is 4.92 Å². The van der Waals surface area contributed by atoms with Crippen LogP contribution >= 0.6 is 0 Å². The third kappa shape index (κ3) is 4.73. The van der Waals surface area contributed by atoms with Crippen LogP contribution in [0.1, 0.15) is 0 Å². The van der Waals surface area contributed by atoms with Crippen molar-refractivity contribution < 1.29 is 69.9 Å². The number of hydrogen-bond donors (Lipinski definition) is 1. The predicted octanol–water partition coefficient (Wildman–Crippen LogP) is -1.69. The number of hydrogen-bond acceptors (Lipinski definition) is 3. The molecule has 0 aliphatic heterocycles. The van der Waals surface area contributed by atoms with Crippen molar-refractivity contribution in [2.24, 2.45) is 0 Å². The summed E-state index contributed by atoms with van der Waals surface area (Å²) in [6.45, 7) is 0. The summed E-state index contributed by atoms with van der Waals surface area (Å²) < 4.78 is 25.4. The molecule has 0 fully saturated rings. The topological polar surface area (TPSA) is 94.5 Å². The van der Waals surface area contributed by atoms with Crippen LogP contribution in [0.2, 0.25) is 0 Å². The van der Waals surface area contributed by atoms with Crippen LogP contribution in [-0.2, 0) is 4.79 Å². The van der Waals surface area contributed by atoms with E-state index >= 15 is 0 Å². The van der Waals surface area contributed by atoms with E-state index in [1.165, 1.54) is 0 Å². The Morgan fingerprint density at radius 3 is 2.22 bits per heavy atom. The third-order valence-electron chi connectivity index (χ3n) is 1.62. The molecule has 1 N–H and O–H groups in total.